The molecule has 1 aromatic heterocycles. The van der Waals surface area contributed by atoms with Gasteiger partial charge in [0.2, 0.25) is 0 Å². The molecule has 1 heterocycles. The molecule has 0 saturated heterocycles. The van der Waals surface area contributed by atoms with Crippen molar-refractivity contribution >= 4 is 0 Å². The summed E-state index contributed by atoms with van der Waals surface area (Å²) in [7, 11) is 0. The lowest BCUT2D eigenvalue weighted by atomic mass is 10.0. The van der Waals surface area contributed by atoms with Gasteiger partial charge in [-0.1, -0.05) is 0 Å². The van der Waals surface area contributed by atoms with Crippen LogP contribution < -0.4 is 5.32 Å². The quantitative estimate of drug-likeness (QED) is 0.727. The normalized spacial score (nSPS) is 11.9. The second-order valence-corrected chi connectivity index (χ2v) is 3.79. The average molecular weight is 183 g/mol. The Morgan fingerprint density at radius 2 is 2.31 bits per heavy atom. The van der Waals surface area contributed by atoms with E-state index < -0.39 is 0 Å². The first-order chi connectivity index (χ1) is 6.14. The van der Waals surface area contributed by atoms with E-state index in [1.807, 2.05) is 12.1 Å². The van der Waals surface area contributed by atoms with E-state index in [9.17, 15) is 0 Å². The van der Waals surface area contributed by atoms with E-state index >= 15 is 0 Å². The Hall–Kier alpha value is -0.800. The molecule has 0 aliphatic heterocycles. The number of hydrogen-bond donors (Lipinski definition) is 2. The van der Waals surface area contributed by atoms with Crippen LogP contribution in [0.15, 0.2) is 22.8 Å². The minimum atomic E-state index is -0.0401. The van der Waals surface area contributed by atoms with Gasteiger partial charge in [-0.25, -0.2) is 0 Å². The van der Waals surface area contributed by atoms with E-state index in [2.05, 4.69) is 19.2 Å². The lowest BCUT2D eigenvalue weighted by Gasteiger charge is -2.24. The monoisotopic (exact) mass is 183 g/mol. The maximum Gasteiger partial charge on any atom is 0.117 e. The van der Waals surface area contributed by atoms with E-state index in [4.69, 9.17) is 9.52 Å². The van der Waals surface area contributed by atoms with E-state index in [1.165, 1.54) is 0 Å². The fourth-order valence-electron chi connectivity index (χ4n) is 1.11. The van der Waals surface area contributed by atoms with Crippen molar-refractivity contribution < 1.29 is 9.52 Å². The molecule has 0 aliphatic rings. The summed E-state index contributed by atoms with van der Waals surface area (Å²) in [5.74, 6) is 0.922. The Morgan fingerprint density at radius 1 is 1.54 bits per heavy atom. The number of rotatable bonds is 5. The van der Waals surface area contributed by atoms with Gasteiger partial charge < -0.3 is 14.8 Å². The summed E-state index contributed by atoms with van der Waals surface area (Å²) < 4.78 is 5.18. The van der Waals surface area contributed by atoms with Crippen LogP contribution in [-0.4, -0.2) is 17.3 Å². The third kappa shape index (κ3) is 3.61. The van der Waals surface area contributed by atoms with E-state index in [1.54, 1.807) is 6.26 Å². The standard InChI is InChI=1S/C10H17NO2/c1-10(2,5-6-12)11-8-9-4-3-7-13-9/h3-4,7,11-12H,5-6,8H2,1-2H3. The molecule has 13 heavy (non-hydrogen) atoms. The van der Waals surface area contributed by atoms with Gasteiger partial charge in [-0.2, -0.15) is 0 Å². The highest BCUT2D eigenvalue weighted by atomic mass is 16.3. The van der Waals surface area contributed by atoms with E-state index in [-0.39, 0.29) is 12.1 Å². The van der Waals surface area contributed by atoms with Crippen LogP contribution in [0.25, 0.3) is 0 Å². The number of hydrogen-bond acceptors (Lipinski definition) is 3. The van der Waals surface area contributed by atoms with Gasteiger partial charge in [0, 0.05) is 12.1 Å². The molecule has 0 aliphatic carbocycles. The zero-order chi connectivity index (χ0) is 9.73. The Balaban J connectivity index is 2.33. The molecule has 0 aromatic carbocycles. The first-order valence-electron chi connectivity index (χ1n) is 4.52. The van der Waals surface area contributed by atoms with Crippen molar-refractivity contribution in [2.24, 2.45) is 0 Å². The largest absolute Gasteiger partial charge is 0.468 e. The molecule has 0 spiro atoms. The van der Waals surface area contributed by atoms with Crippen molar-refractivity contribution in [3.63, 3.8) is 0 Å². The van der Waals surface area contributed by atoms with Crippen molar-refractivity contribution in [2.45, 2.75) is 32.4 Å². The fraction of sp³-hybridized carbons (Fsp3) is 0.600. The minimum absolute atomic E-state index is 0.0401. The van der Waals surface area contributed by atoms with Crippen LogP contribution in [0.2, 0.25) is 0 Å². The maximum atomic E-state index is 8.80. The number of furan rings is 1. The summed E-state index contributed by atoms with van der Waals surface area (Å²) in [6.07, 6.45) is 2.41. The molecule has 0 bridgehead atoms. The summed E-state index contributed by atoms with van der Waals surface area (Å²) in [4.78, 5) is 0. The van der Waals surface area contributed by atoms with Crippen molar-refractivity contribution in [1.29, 1.82) is 0 Å². The highest BCUT2D eigenvalue weighted by Gasteiger charge is 2.15. The highest BCUT2D eigenvalue weighted by molar-refractivity contribution is 4.98. The lowest BCUT2D eigenvalue weighted by molar-refractivity contribution is 0.227. The Kier molecular flexibility index (Phi) is 3.51. The molecule has 1 aromatic rings. The SMILES string of the molecule is CC(C)(CCO)NCc1ccco1. The second kappa shape index (κ2) is 4.44. The summed E-state index contributed by atoms with van der Waals surface area (Å²) in [5, 5.41) is 12.1. The topological polar surface area (TPSA) is 45.4 Å². The van der Waals surface area contributed by atoms with Crippen LogP contribution in [0.5, 0.6) is 0 Å². The highest BCUT2D eigenvalue weighted by Crippen LogP contribution is 2.09. The zero-order valence-corrected chi connectivity index (χ0v) is 8.21. The average Bonchev–Trinajstić information content (AvgIpc) is 2.52. The van der Waals surface area contributed by atoms with Crippen LogP contribution in [-0.2, 0) is 6.54 Å². The third-order valence-electron chi connectivity index (χ3n) is 2.06. The Morgan fingerprint density at radius 3 is 2.85 bits per heavy atom. The number of nitrogens with one attached hydrogen (secondary N) is 1. The van der Waals surface area contributed by atoms with Crippen LogP contribution in [0.4, 0.5) is 0 Å². The van der Waals surface area contributed by atoms with Gasteiger partial charge in [0.15, 0.2) is 0 Å². The molecule has 0 radical (unpaired) electrons. The fourth-order valence-corrected chi connectivity index (χ4v) is 1.11. The van der Waals surface area contributed by atoms with E-state index in [0.717, 1.165) is 12.2 Å². The second-order valence-electron chi connectivity index (χ2n) is 3.79. The molecule has 0 amide bonds. The molecule has 0 unspecified atom stereocenters. The predicted molar refractivity (Wildman–Crippen MR) is 51.3 cm³/mol. The van der Waals surface area contributed by atoms with Crippen molar-refractivity contribution in [2.75, 3.05) is 6.61 Å². The summed E-state index contributed by atoms with van der Waals surface area (Å²) in [6.45, 7) is 5.04. The predicted octanol–water partition coefficient (Wildman–Crippen LogP) is 1.53. The molecule has 74 valence electrons. The van der Waals surface area contributed by atoms with Crippen LogP contribution >= 0.6 is 0 Å². The summed E-state index contributed by atoms with van der Waals surface area (Å²) >= 11 is 0. The molecular weight excluding hydrogens is 166 g/mol. The van der Waals surface area contributed by atoms with Crippen LogP contribution in [0.3, 0.4) is 0 Å². The maximum absolute atomic E-state index is 8.80. The van der Waals surface area contributed by atoms with Gasteiger partial charge in [0.1, 0.15) is 5.76 Å². The molecule has 2 N–H and O–H groups in total. The molecule has 0 fully saturated rings. The minimum Gasteiger partial charge on any atom is -0.468 e. The Bertz CT molecular complexity index is 229. The van der Waals surface area contributed by atoms with Gasteiger partial charge in [0.25, 0.3) is 0 Å². The van der Waals surface area contributed by atoms with Crippen LogP contribution in [0.1, 0.15) is 26.0 Å². The number of aliphatic hydroxyl groups excluding tert-OH is 1. The molecule has 1 rings (SSSR count). The van der Waals surface area contributed by atoms with Gasteiger partial charge in [-0.15, -0.1) is 0 Å². The smallest absolute Gasteiger partial charge is 0.117 e. The third-order valence-corrected chi connectivity index (χ3v) is 2.06. The van der Waals surface area contributed by atoms with Gasteiger partial charge in [0.05, 0.1) is 12.8 Å². The summed E-state index contributed by atoms with van der Waals surface area (Å²) in [5.41, 5.74) is -0.0401. The van der Waals surface area contributed by atoms with Gasteiger partial charge in [-0.05, 0) is 32.4 Å². The zero-order valence-electron chi connectivity index (χ0n) is 8.21. The van der Waals surface area contributed by atoms with E-state index in [0.29, 0.717) is 6.54 Å². The first-order valence-corrected chi connectivity index (χ1v) is 4.52. The lowest BCUT2D eigenvalue weighted by Crippen LogP contribution is -2.39. The van der Waals surface area contributed by atoms with Gasteiger partial charge >= 0.3 is 0 Å². The first kappa shape index (κ1) is 10.3. The summed E-state index contributed by atoms with van der Waals surface area (Å²) in [6, 6.07) is 3.80. The van der Waals surface area contributed by atoms with Crippen molar-refractivity contribution in [3.8, 4) is 0 Å². The molecule has 3 heteroatoms. The van der Waals surface area contributed by atoms with Crippen molar-refractivity contribution in [3.05, 3.63) is 24.2 Å². The Labute approximate surface area is 78.8 Å². The molecule has 3 nitrogen and oxygen atoms in total. The number of aliphatic hydroxyl groups is 1. The molecular formula is C10H17NO2. The molecule has 0 saturated carbocycles. The van der Waals surface area contributed by atoms with Crippen molar-refractivity contribution in [1.82, 2.24) is 5.32 Å². The molecule has 0 atom stereocenters. The van der Waals surface area contributed by atoms with Gasteiger partial charge in [-0.3, -0.25) is 0 Å². The van der Waals surface area contributed by atoms with Crippen LogP contribution in [0, 0.1) is 0 Å².